The lowest BCUT2D eigenvalue weighted by Crippen LogP contribution is -2.09. The highest BCUT2D eigenvalue weighted by Gasteiger charge is 2.13. The average molecular weight is 264 g/mol. The fourth-order valence-electron chi connectivity index (χ4n) is 2.04. The standard InChI is InChI=1S/C13H16N2O2S/c1-3-10(7-18-2)15-8-14-11-5-4-9(13(16)17)6-12(11)15/h4-6,8,10H,3,7H2,1-2H3,(H,16,17). The monoisotopic (exact) mass is 264 g/mol. The zero-order valence-electron chi connectivity index (χ0n) is 10.5. The minimum absolute atomic E-state index is 0.309. The highest BCUT2D eigenvalue weighted by atomic mass is 32.2. The van der Waals surface area contributed by atoms with Gasteiger partial charge < -0.3 is 9.67 Å². The summed E-state index contributed by atoms with van der Waals surface area (Å²) in [6, 6.07) is 5.42. The van der Waals surface area contributed by atoms with E-state index in [2.05, 4.69) is 22.7 Å². The van der Waals surface area contributed by atoms with Crippen LogP contribution in [0.3, 0.4) is 0 Å². The number of rotatable bonds is 5. The van der Waals surface area contributed by atoms with Crippen molar-refractivity contribution in [1.82, 2.24) is 9.55 Å². The third-order valence-electron chi connectivity index (χ3n) is 3.05. The normalized spacial score (nSPS) is 12.8. The predicted molar refractivity (Wildman–Crippen MR) is 74.4 cm³/mol. The number of hydrogen-bond acceptors (Lipinski definition) is 3. The van der Waals surface area contributed by atoms with Crippen LogP contribution in [0, 0.1) is 0 Å². The van der Waals surface area contributed by atoms with Crippen LogP contribution < -0.4 is 0 Å². The molecule has 0 aliphatic rings. The molecule has 1 N–H and O–H groups in total. The number of thioether (sulfide) groups is 1. The largest absolute Gasteiger partial charge is 0.478 e. The first-order valence-electron chi connectivity index (χ1n) is 5.86. The topological polar surface area (TPSA) is 55.1 Å². The summed E-state index contributed by atoms with van der Waals surface area (Å²) in [5.74, 6) is 0.0989. The second-order valence-electron chi connectivity index (χ2n) is 4.18. The van der Waals surface area contributed by atoms with Gasteiger partial charge in [-0.05, 0) is 30.9 Å². The van der Waals surface area contributed by atoms with Crippen molar-refractivity contribution >= 4 is 28.8 Å². The van der Waals surface area contributed by atoms with Crippen LogP contribution in [0.2, 0.25) is 0 Å². The molecule has 0 saturated carbocycles. The lowest BCUT2D eigenvalue weighted by atomic mass is 10.2. The minimum atomic E-state index is -0.900. The Bertz CT molecular complexity index is 565. The molecule has 1 atom stereocenters. The second kappa shape index (κ2) is 5.44. The summed E-state index contributed by atoms with van der Waals surface area (Å²) in [5.41, 5.74) is 2.05. The molecule has 1 heterocycles. The van der Waals surface area contributed by atoms with Crippen LogP contribution >= 0.6 is 11.8 Å². The number of hydrogen-bond donors (Lipinski definition) is 1. The Morgan fingerprint density at radius 2 is 2.33 bits per heavy atom. The maximum Gasteiger partial charge on any atom is 0.335 e. The van der Waals surface area contributed by atoms with Gasteiger partial charge in [-0.3, -0.25) is 0 Å². The molecule has 2 aromatic rings. The lowest BCUT2D eigenvalue weighted by molar-refractivity contribution is 0.0697. The highest BCUT2D eigenvalue weighted by molar-refractivity contribution is 7.98. The molecule has 5 heteroatoms. The maximum absolute atomic E-state index is 11.0. The van der Waals surface area contributed by atoms with Gasteiger partial charge in [0.2, 0.25) is 0 Å². The van der Waals surface area contributed by atoms with Crippen molar-refractivity contribution in [1.29, 1.82) is 0 Å². The van der Waals surface area contributed by atoms with Crippen LogP contribution in [-0.4, -0.2) is 32.6 Å². The van der Waals surface area contributed by atoms with E-state index in [1.165, 1.54) is 0 Å². The van der Waals surface area contributed by atoms with E-state index in [0.29, 0.717) is 11.6 Å². The summed E-state index contributed by atoms with van der Waals surface area (Å²) in [5, 5.41) is 9.04. The first-order chi connectivity index (χ1) is 8.67. The third-order valence-corrected chi connectivity index (χ3v) is 3.76. The van der Waals surface area contributed by atoms with Crippen molar-refractivity contribution in [2.24, 2.45) is 0 Å². The van der Waals surface area contributed by atoms with Gasteiger partial charge in [0.15, 0.2) is 0 Å². The molecule has 0 bridgehead atoms. The first-order valence-corrected chi connectivity index (χ1v) is 7.25. The molecular weight excluding hydrogens is 248 g/mol. The fraction of sp³-hybridized carbons (Fsp3) is 0.385. The number of nitrogens with zero attached hydrogens (tertiary/aromatic N) is 2. The van der Waals surface area contributed by atoms with Gasteiger partial charge in [0.25, 0.3) is 0 Å². The number of aromatic carboxylic acids is 1. The van der Waals surface area contributed by atoms with E-state index in [1.807, 2.05) is 0 Å². The van der Waals surface area contributed by atoms with Gasteiger partial charge in [0, 0.05) is 11.8 Å². The Morgan fingerprint density at radius 1 is 1.56 bits per heavy atom. The number of carboxylic acids is 1. The first kappa shape index (κ1) is 13.0. The van der Waals surface area contributed by atoms with Crippen LogP contribution in [0.5, 0.6) is 0 Å². The van der Waals surface area contributed by atoms with Gasteiger partial charge in [-0.2, -0.15) is 11.8 Å². The molecule has 96 valence electrons. The Balaban J connectivity index is 2.50. The van der Waals surface area contributed by atoms with Gasteiger partial charge in [-0.25, -0.2) is 9.78 Å². The summed E-state index contributed by atoms with van der Waals surface area (Å²) < 4.78 is 2.08. The van der Waals surface area contributed by atoms with E-state index in [1.54, 1.807) is 36.3 Å². The molecule has 0 saturated heterocycles. The predicted octanol–water partition coefficient (Wildman–Crippen LogP) is 3.05. The second-order valence-corrected chi connectivity index (χ2v) is 5.09. The van der Waals surface area contributed by atoms with Gasteiger partial charge in [-0.1, -0.05) is 6.92 Å². The minimum Gasteiger partial charge on any atom is -0.478 e. The molecule has 0 spiro atoms. The molecule has 1 unspecified atom stereocenters. The average Bonchev–Trinajstić information content (AvgIpc) is 2.78. The van der Waals surface area contributed by atoms with E-state index >= 15 is 0 Å². The Labute approximate surface area is 110 Å². The molecule has 0 fully saturated rings. The summed E-state index contributed by atoms with van der Waals surface area (Å²) in [6.45, 7) is 2.13. The van der Waals surface area contributed by atoms with E-state index in [0.717, 1.165) is 23.2 Å². The van der Waals surface area contributed by atoms with Crippen LogP contribution in [0.1, 0.15) is 29.7 Å². The van der Waals surface area contributed by atoms with Gasteiger partial charge in [0.1, 0.15) is 0 Å². The molecule has 1 aromatic heterocycles. The molecule has 18 heavy (non-hydrogen) atoms. The number of carbonyl (C=O) groups is 1. The van der Waals surface area contributed by atoms with Crippen molar-refractivity contribution < 1.29 is 9.90 Å². The van der Waals surface area contributed by atoms with E-state index in [-0.39, 0.29) is 0 Å². The Morgan fingerprint density at radius 3 is 2.94 bits per heavy atom. The van der Waals surface area contributed by atoms with Crippen LogP contribution in [-0.2, 0) is 0 Å². The number of fused-ring (bicyclic) bond motifs is 1. The highest BCUT2D eigenvalue weighted by Crippen LogP contribution is 2.23. The number of imidazole rings is 1. The van der Waals surface area contributed by atoms with Crippen LogP contribution in [0.15, 0.2) is 24.5 Å². The van der Waals surface area contributed by atoms with Crippen LogP contribution in [0.25, 0.3) is 11.0 Å². The zero-order valence-corrected chi connectivity index (χ0v) is 11.3. The number of aromatic nitrogens is 2. The van der Waals surface area contributed by atoms with Crippen molar-refractivity contribution in [3.05, 3.63) is 30.1 Å². The molecule has 4 nitrogen and oxygen atoms in total. The van der Waals surface area contributed by atoms with Crippen LogP contribution in [0.4, 0.5) is 0 Å². The van der Waals surface area contributed by atoms with E-state index in [9.17, 15) is 4.79 Å². The van der Waals surface area contributed by atoms with E-state index < -0.39 is 5.97 Å². The molecule has 0 radical (unpaired) electrons. The summed E-state index contributed by atoms with van der Waals surface area (Å²) in [6.07, 6.45) is 4.88. The number of carboxylic acid groups (broad SMARTS) is 1. The van der Waals surface area contributed by atoms with Crippen molar-refractivity contribution in [3.63, 3.8) is 0 Å². The van der Waals surface area contributed by atoms with Crippen molar-refractivity contribution in [2.45, 2.75) is 19.4 Å². The Kier molecular flexibility index (Phi) is 3.91. The molecule has 0 aliphatic carbocycles. The third kappa shape index (κ3) is 2.36. The van der Waals surface area contributed by atoms with Crippen molar-refractivity contribution in [2.75, 3.05) is 12.0 Å². The zero-order chi connectivity index (χ0) is 13.1. The Hall–Kier alpha value is -1.49. The summed E-state index contributed by atoms with van der Waals surface area (Å²) in [7, 11) is 0. The molecular formula is C13H16N2O2S. The van der Waals surface area contributed by atoms with Crippen molar-refractivity contribution in [3.8, 4) is 0 Å². The number of benzene rings is 1. The van der Waals surface area contributed by atoms with E-state index in [4.69, 9.17) is 5.11 Å². The maximum atomic E-state index is 11.0. The summed E-state index contributed by atoms with van der Waals surface area (Å²) in [4.78, 5) is 15.3. The smallest absolute Gasteiger partial charge is 0.335 e. The summed E-state index contributed by atoms with van der Waals surface area (Å²) >= 11 is 1.79. The SMILES string of the molecule is CCC(CSC)n1cnc2ccc(C(=O)O)cc21. The van der Waals surface area contributed by atoms with Gasteiger partial charge >= 0.3 is 5.97 Å². The molecule has 1 aromatic carbocycles. The molecule has 0 amide bonds. The molecule has 2 rings (SSSR count). The fourth-order valence-corrected chi connectivity index (χ4v) is 2.82. The quantitative estimate of drug-likeness (QED) is 0.901. The van der Waals surface area contributed by atoms with Gasteiger partial charge in [0.05, 0.1) is 22.9 Å². The van der Waals surface area contributed by atoms with Gasteiger partial charge in [-0.15, -0.1) is 0 Å². The molecule has 0 aliphatic heterocycles. The lowest BCUT2D eigenvalue weighted by Gasteiger charge is -2.16.